The fourth-order valence-corrected chi connectivity index (χ4v) is 3.38. The smallest absolute Gasteiger partial charge is 0.0645 e. The molecule has 116 valence electrons. The number of aromatic nitrogens is 2. The van der Waals surface area contributed by atoms with Crippen LogP contribution in [0.1, 0.15) is 24.8 Å². The number of hydrogen-bond acceptors (Lipinski definition) is 3. The van der Waals surface area contributed by atoms with E-state index in [1.807, 2.05) is 23.1 Å². The molecule has 0 radical (unpaired) electrons. The van der Waals surface area contributed by atoms with E-state index in [-0.39, 0.29) is 0 Å². The molecule has 2 aliphatic rings. The van der Waals surface area contributed by atoms with Crippen LogP contribution in [0.15, 0.2) is 42.7 Å². The molecule has 1 aromatic carbocycles. The zero-order chi connectivity index (χ0) is 14.8. The van der Waals surface area contributed by atoms with Crippen LogP contribution in [0.5, 0.6) is 0 Å². The summed E-state index contributed by atoms with van der Waals surface area (Å²) in [5, 5.41) is 7.98. The van der Waals surface area contributed by atoms with Gasteiger partial charge >= 0.3 is 0 Å². The van der Waals surface area contributed by atoms with E-state index in [1.165, 1.54) is 37.9 Å². The molecule has 1 N–H and O–H groups in total. The second-order valence-electron chi connectivity index (χ2n) is 6.53. The summed E-state index contributed by atoms with van der Waals surface area (Å²) < 4.78 is 1.90. The minimum atomic E-state index is 0.698. The van der Waals surface area contributed by atoms with Gasteiger partial charge in [0.05, 0.1) is 5.69 Å². The summed E-state index contributed by atoms with van der Waals surface area (Å²) in [4.78, 5) is 2.66. The summed E-state index contributed by atoms with van der Waals surface area (Å²) in [7, 11) is 0. The van der Waals surface area contributed by atoms with Gasteiger partial charge in [0.25, 0.3) is 0 Å². The third kappa shape index (κ3) is 3.23. The molecule has 1 aliphatic carbocycles. The summed E-state index contributed by atoms with van der Waals surface area (Å²) in [5.74, 6) is 0. The Hall–Kier alpha value is -1.65. The highest BCUT2D eigenvalue weighted by Gasteiger charge is 2.33. The summed E-state index contributed by atoms with van der Waals surface area (Å²) in [6, 6.07) is 12.3. The Kier molecular flexibility index (Phi) is 3.95. The molecule has 0 spiro atoms. The van der Waals surface area contributed by atoms with Crippen LogP contribution in [-0.4, -0.2) is 46.4 Å². The third-order valence-corrected chi connectivity index (χ3v) is 4.83. The minimum absolute atomic E-state index is 0.698. The number of benzene rings is 1. The molecule has 1 saturated heterocycles. The van der Waals surface area contributed by atoms with Gasteiger partial charge in [0, 0.05) is 37.6 Å². The maximum absolute atomic E-state index is 4.26. The Labute approximate surface area is 132 Å². The van der Waals surface area contributed by atoms with E-state index in [2.05, 4.69) is 39.6 Å². The van der Waals surface area contributed by atoms with E-state index in [0.29, 0.717) is 6.04 Å². The highest BCUT2D eigenvalue weighted by atomic mass is 15.3. The lowest BCUT2D eigenvalue weighted by molar-refractivity contribution is 0.318. The van der Waals surface area contributed by atoms with Crippen LogP contribution in [0.4, 0.5) is 0 Å². The van der Waals surface area contributed by atoms with Crippen molar-refractivity contribution >= 4 is 0 Å². The topological polar surface area (TPSA) is 33.1 Å². The molecule has 4 rings (SSSR count). The molecule has 0 amide bonds. The quantitative estimate of drug-likeness (QED) is 0.887. The van der Waals surface area contributed by atoms with Crippen molar-refractivity contribution < 1.29 is 0 Å². The number of nitrogens with zero attached hydrogens (tertiary/aromatic N) is 3. The summed E-state index contributed by atoms with van der Waals surface area (Å²) in [5.41, 5.74) is 2.51. The number of hydrogen-bond donors (Lipinski definition) is 1. The van der Waals surface area contributed by atoms with Gasteiger partial charge in [-0.1, -0.05) is 12.1 Å². The SMILES string of the molecule is c1cnn(-c2ccc(CCN[C@H]3CCN(C4CC4)C3)cc2)c1. The lowest BCUT2D eigenvalue weighted by Crippen LogP contribution is -2.34. The lowest BCUT2D eigenvalue weighted by atomic mass is 10.1. The van der Waals surface area contributed by atoms with Crippen molar-refractivity contribution in [3.05, 3.63) is 48.3 Å². The molecular formula is C18H24N4. The fourth-order valence-electron chi connectivity index (χ4n) is 3.38. The van der Waals surface area contributed by atoms with Crippen LogP contribution >= 0.6 is 0 Å². The van der Waals surface area contributed by atoms with Gasteiger partial charge in [0.1, 0.15) is 0 Å². The van der Waals surface area contributed by atoms with Crippen LogP contribution < -0.4 is 5.32 Å². The Morgan fingerprint density at radius 1 is 1.14 bits per heavy atom. The average Bonchev–Trinajstić information content (AvgIpc) is 3.06. The van der Waals surface area contributed by atoms with E-state index >= 15 is 0 Å². The highest BCUT2D eigenvalue weighted by molar-refractivity contribution is 5.33. The molecule has 1 atom stereocenters. The molecule has 2 aromatic rings. The average molecular weight is 296 g/mol. The van der Waals surface area contributed by atoms with Gasteiger partial charge in [-0.2, -0.15) is 5.10 Å². The van der Waals surface area contributed by atoms with Gasteiger partial charge in [0.15, 0.2) is 0 Å². The van der Waals surface area contributed by atoms with Crippen LogP contribution in [-0.2, 0) is 6.42 Å². The largest absolute Gasteiger partial charge is 0.312 e. The van der Waals surface area contributed by atoms with Crippen molar-refractivity contribution in [3.63, 3.8) is 0 Å². The molecule has 4 nitrogen and oxygen atoms in total. The van der Waals surface area contributed by atoms with E-state index < -0.39 is 0 Å². The summed E-state index contributed by atoms with van der Waals surface area (Å²) in [6.45, 7) is 3.62. The number of rotatable bonds is 6. The summed E-state index contributed by atoms with van der Waals surface area (Å²) >= 11 is 0. The highest BCUT2D eigenvalue weighted by Crippen LogP contribution is 2.29. The van der Waals surface area contributed by atoms with Crippen LogP contribution in [0, 0.1) is 0 Å². The van der Waals surface area contributed by atoms with Gasteiger partial charge in [-0.3, -0.25) is 4.90 Å². The molecule has 4 heteroatoms. The summed E-state index contributed by atoms with van der Waals surface area (Å²) in [6.07, 6.45) is 9.05. The molecule has 0 bridgehead atoms. The zero-order valence-corrected chi connectivity index (χ0v) is 13.0. The Morgan fingerprint density at radius 2 is 2.00 bits per heavy atom. The maximum Gasteiger partial charge on any atom is 0.0645 e. The fraction of sp³-hybridized carbons (Fsp3) is 0.500. The van der Waals surface area contributed by atoms with Crippen LogP contribution in [0.3, 0.4) is 0 Å². The van der Waals surface area contributed by atoms with Crippen molar-refractivity contribution in [2.24, 2.45) is 0 Å². The molecule has 2 heterocycles. The van der Waals surface area contributed by atoms with E-state index in [9.17, 15) is 0 Å². The monoisotopic (exact) mass is 296 g/mol. The maximum atomic E-state index is 4.26. The predicted molar refractivity (Wildman–Crippen MR) is 88.3 cm³/mol. The van der Waals surface area contributed by atoms with E-state index in [4.69, 9.17) is 0 Å². The van der Waals surface area contributed by atoms with E-state index in [0.717, 1.165) is 24.7 Å². The van der Waals surface area contributed by atoms with Gasteiger partial charge < -0.3 is 5.32 Å². The molecule has 1 saturated carbocycles. The second-order valence-corrected chi connectivity index (χ2v) is 6.53. The van der Waals surface area contributed by atoms with Gasteiger partial charge in [-0.25, -0.2) is 4.68 Å². The lowest BCUT2D eigenvalue weighted by Gasteiger charge is -2.15. The predicted octanol–water partition coefficient (Wildman–Crippen LogP) is 2.24. The first kappa shape index (κ1) is 14.0. The molecule has 22 heavy (non-hydrogen) atoms. The molecule has 0 unspecified atom stereocenters. The number of nitrogens with one attached hydrogen (secondary N) is 1. The third-order valence-electron chi connectivity index (χ3n) is 4.83. The Balaban J connectivity index is 1.24. The van der Waals surface area contributed by atoms with Gasteiger partial charge in [-0.05, 0) is 56.0 Å². The zero-order valence-electron chi connectivity index (χ0n) is 13.0. The standard InChI is InChI=1S/C18H24N4/c1-10-20-22(12-1)18-4-2-15(3-5-18)8-11-19-16-9-13-21(14-16)17-6-7-17/h1-5,10,12,16-17,19H,6-9,11,13-14H2/t16-/m0/s1. The first-order valence-electron chi connectivity index (χ1n) is 8.45. The van der Waals surface area contributed by atoms with Crippen LogP contribution in [0.2, 0.25) is 0 Å². The van der Waals surface area contributed by atoms with Crippen LogP contribution in [0.25, 0.3) is 5.69 Å². The van der Waals surface area contributed by atoms with Crippen molar-refractivity contribution in [1.82, 2.24) is 20.0 Å². The first-order valence-corrected chi connectivity index (χ1v) is 8.45. The Bertz CT molecular complexity index is 586. The van der Waals surface area contributed by atoms with Gasteiger partial charge in [-0.15, -0.1) is 0 Å². The van der Waals surface area contributed by atoms with E-state index in [1.54, 1.807) is 0 Å². The second kappa shape index (κ2) is 6.23. The minimum Gasteiger partial charge on any atom is -0.312 e. The van der Waals surface area contributed by atoms with Crippen molar-refractivity contribution in [1.29, 1.82) is 0 Å². The van der Waals surface area contributed by atoms with Crippen molar-refractivity contribution in [3.8, 4) is 5.69 Å². The Morgan fingerprint density at radius 3 is 2.73 bits per heavy atom. The molecule has 1 aromatic heterocycles. The first-order chi connectivity index (χ1) is 10.9. The van der Waals surface area contributed by atoms with Crippen molar-refractivity contribution in [2.75, 3.05) is 19.6 Å². The number of likely N-dealkylation sites (tertiary alicyclic amines) is 1. The van der Waals surface area contributed by atoms with Crippen molar-refractivity contribution in [2.45, 2.75) is 37.8 Å². The van der Waals surface area contributed by atoms with Gasteiger partial charge in [0.2, 0.25) is 0 Å². The molecule has 1 aliphatic heterocycles. The molecule has 2 fully saturated rings. The molecular weight excluding hydrogens is 272 g/mol. The normalized spacial score (nSPS) is 22.3.